The first kappa shape index (κ1) is 10.4. The maximum Gasteiger partial charge on any atom is 0.248 e. The standard InChI is InChI=1S/C8H17N3O2/c1-11(6-8(12)10-9)5-7-3-2-4-13-7/h7H,2-6,9H2,1H3,(H,10,12). The largest absolute Gasteiger partial charge is 0.377 e. The van der Waals surface area contributed by atoms with Gasteiger partial charge in [0.2, 0.25) is 5.91 Å². The lowest BCUT2D eigenvalue weighted by molar-refractivity contribution is -0.122. The van der Waals surface area contributed by atoms with Crippen LogP contribution in [0.25, 0.3) is 0 Å². The first-order valence-electron chi connectivity index (χ1n) is 4.52. The Hall–Kier alpha value is -0.650. The third-order valence-corrected chi connectivity index (χ3v) is 2.11. The van der Waals surface area contributed by atoms with Gasteiger partial charge in [0.15, 0.2) is 0 Å². The van der Waals surface area contributed by atoms with Gasteiger partial charge in [-0.2, -0.15) is 0 Å². The van der Waals surface area contributed by atoms with Gasteiger partial charge < -0.3 is 4.74 Å². The SMILES string of the molecule is CN(CC(=O)NN)CC1CCCO1. The van der Waals surface area contributed by atoms with E-state index in [1.54, 1.807) is 0 Å². The number of likely N-dealkylation sites (N-methyl/N-ethyl adjacent to an activating group) is 1. The number of carbonyl (C=O) groups is 1. The van der Waals surface area contributed by atoms with Gasteiger partial charge in [-0.1, -0.05) is 0 Å². The smallest absolute Gasteiger partial charge is 0.248 e. The number of rotatable bonds is 4. The summed E-state index contributed by atoms with van der Waals surface area (Å²) < 4.78 is 5.43. The third kappa shape index (κ3) is 3.71. The summed E-state index contributed by atoms with van der Waals surface area (Å²) in [5, 5.41) is 0. The van der Waals surface area contributed by atoms with Crippen molar-refractivity contribution >= 4 is 5.91 Å². The molecule has 76 valence electrons. The molecule has 0 spiro atoms. The van der Waals surface area contributed by atoms with E-state index in [0.717, 1.165) is 26.0 Å². The number of ether oxygens (including phenoxy) is 1. The summed E-state index contributed by atoms with van der Waals surface area (Å²) >= 11 is 0. The normalized spacial score (nSPS) is 22.2. The number of hydrazine groups is 1. The fourth-order valence-electron chi connectivity index (χ4n) is 1.49. The van der Waals surface area contributed by atoms with Crippen LogP contribution in [0.2, 0.25) is 0 Å². The minimum atomic E-state index is -0.166. The topological polar surface area (TPSA) is 67.6 Å². The molecule has 0 aromatic heterocycles. The molecule has 1 heterocycles. The summed E-state index contributed by atoms with van der Waals surface area (Å²) in [6, 6.07) is 0. The molecule has 1 unspecified atom stereocenters. The highest BCUT2D eigenvalue weighted by Crippen LogP contribution is 2.12. The highest BCUT2D eigenvalue weighted by Gasteiger charge is 2.17. The Morgan fingerprint density at radius 3 is 3.08 bits per heavy atom. The maximum atomic E-state index is 10.9. The number of nitrogens with one attached hydrogen (secondary N) is 1. The molecule has 0 aromatic rings. The second-order valence-electron chi connectivity index (χ2n) is 3.40. The Bertz CT molecular complexity index is 169. The highest BCUT2D eigenvalue weighted by molar-refractivity contribution is 5.77. The zero-order valence-electron chi connectivity index (χ0n) is 7.95. The molecule has 13 heavy (non-hydrogen) atoms. The summed E-state index contributed by atoms with van der Waals surface area (Å²) in [4.78, 5) is 12.8. The van der Waals surface area contributed by atoms with Crippen molar-refractivity contribution < 1.29 is 9.53 Å². The minimum absolute atomic E-state index is 0.166. The minimum Gasteiger partial charge on any atom is -0.377 e. The van der Waals surface area contributed by atoms with Crippen LogP contribution in [-0.4, -0.2) is 43.7 Å². The third-order valence-electron chi connectivity index (χ3n) is 2.11. The van der Waals surface area contributed by atoms with E-state index in [0.29, 0.717) is 6.54 Å². The van der Waals surface area contributed by atoms with Gasteiger partial charge in [-0.25, -0.2) is 5.84 Å². The van der Waals surface area contributed by atoms with Gasteiger partial charge in [-0.3, -0.25) is 15.1 Å². The molecule has 1 aliphatic rings. The predicted molar refractivity (Wildman–Crippen MR) is 48.8 cm³/mol. The Morgan fingerprint density at radius 1 is 1.77 bits per heavy atom. The van der Waals surface area contributed by atoms with Gasteiger partial charge in [0.25, 0.3) is 0 Å². The molecule has 0 aromatic carbocycles. The van der Waals surface area contributed by atoms with E-state index >= 15 is 0 Å². The van der Waals surface area contributed by atoms with Crippen LogP contribution in [-0.2, 0) is 9.53 Å². The van der Waals surface area contributed by atoms with Crippen molar-refractivity contribution in [3.63, 3.8) is 0 Å². The number of nitrogens with two attached hydrogens (primary N) is 1. The van der Waals surface area contributed by atoms with Gasteiger partial charge >= 0.3 is 0 Å². The van der Waals surface area contributed by atoms with Crippen LogP contribution >= 0.6 is 0 Å². The van der Waals surface area contributed by atoms with Gasteiger partial charge in [0, 0.05) is 13.2 Å². The molecule has 0 aliphatic carbocycles. The molecule has 1 rings (SSSR count). The van der Waals surface area contributed by atoms with Crippen molar-refractivity contribution in [2.24, 2.45) is 5.84 Å². The van der Waals surface area contributed by atoms with Crippen LogP contribution < -0.4 is 11.3 Å². The molecule has 1 atom stereocenters. The van der Waals surface area contributed by atoms with Crippen molar-refractivity contribution in [2.45, 2.75) is 18.9 Å². The average molecular weight is 187 g/mol. The lowest BCUT2D eigenvalue weighted by Crippen LogP contribution is -2.41. The molecule has 1 fully saturated rings. The quantitative estimate of drug-likeness (QED) is 0.339. The van der Waals surface area contributed by atoms with Crippen LogP contribution in [0.3, 0.4) is 0 Å². The Morgan fingerprint density at radius 2 is 2.54 bits per heavy atom. The lowest BCUT2D eigenvalue weighted by atomic mass is 10.2. The first-order chi connectivity index (χ1) is 6.22. The van der Waals surface area contributed by atoms with E-state index in [-0.39, 0.29) is 12.0 Å². The summed E-state index contributed by atoms with van der Waals surface area (Å²) in [6.45, 7) is 1.98. The number of amides is 1. The summed E-state index contributed by atoms with van der Waals surface area (Å²) in [5.74, 6) is 4.80. The molecule has 1 saturated heterocycles. The van der Waals surface area contributed by atoms with Gasteiger partial charge in [-0.05, 0) is 19.9 Å². The van der Waals surface area contributed by atoms with Gasteiger partial charge in [0.1, 0.15) is 0 Å². The molecular weight excluding hydrogens is 170 g/mol. The highest BCUT2D eigenvalue weighted by atomic mass is 16.5. The second-order valence-corrected chi connectivity index (χ2v) is 3.40. The molecule has 5 nitrogen and oxygen atoms in total. The van der Waals surface area contributed by atoms with Crippen LogP contribution in [0.5, 0.6) is 0 Å². The molecular formula is C8H17N3O2. The summed E-state index contributed by atoms with van der Waals surface area (Å²) in [7, 11) is 1.89. The van der Waals surface area contributed by atoms with E-state index < -0.39 is 0 Å². The first-order valence-corrected chi connectivity index (χ1v) is 4.52. The van der Waals surface area contributed by atoms with Crippen molar-refractivity contribution in [2.75, 3.05) is 26.7 Å². The second kappa shape index (κ2) is 5.16. The van der Waals surface area contributed by atoms with Gasteiger partial charge in [-0.15, -0.1) is 0 Å². The number of carbonyl (C=O) groups excluding carboxylic acids is 1. The predicted octanol–water partition coefficient (Wildman–Crippen LogP) is -0.913. The zero-order valence-corrected chi connectivity index (χ0v) is 7.95. The van der Waals surface area contributed by atoms with Crippen LogP contribution in [0.1, 0.15) is 12.8 Å². The summed E-state index contributed by atoms with van der Waals surface area (Å²) in [6.07, 6.45) is 2.51. The molecule has 1 aliphatic heterocycles. The Labute approximate surface area is 78.2 Å². The van der Waals surface area contributed by atoms with Crippen LogP contribution in [0.15, 0.2) is 0 Å². The van der Waals surface area contributed by atoms with Crippen molar-refractivity contribution in [3.05, 3.63) is 0 Å². The van der Waals surface area contributed by atoms with E-state index in [1.165, 1.54) is 0 Å². The zero-order chi connectivity index (χ0) is 9.68. The summed E-state index contributed by atoms with van der Waals surface area (Å²) in [5.41, 5.74) is 2.10. The molecule has 0 saturated carbocycles. The lowest BCUT2D eigenvalue weighted by Gasteiger charge is -2.19. The van der Waals surface area contributed by atoms with Crippen molar-refractivity contribution in [1.29, 1.82) is 0 Å². The average Bonchev–Trinajstić information content (AvgIpc) is 2.56. The van der Waals surface area contributed by atoms with Crippen LogP contribution in [0, 0.1) is 0 Å². The fourth-order valence-corrected chi connectivity index (χ4v) is 1.49. The molecule has 0 bridgehead atoms. The molecule has 0 radical (unpaired) electrons. The van der Waals surface area contributed by atoms with Crippen molar-refractivity contribution in [3.8, 4) is 0 Å². The van der Waals surface area contributed by atoms with Crippen LogP contribution in [0.4, 0.5) is 0 Å². The Kier molecular flexibility index (Phi) is 4.14. The van der Waals surface area contributed by atoms with Crippen molar-refractivity contribution in [1.82, 2.24) is 10.3 Å². The van der Waals surface area contributed by atoms with E-state index in [9.17, 15) is 4.79 Å². The maximum absolute atomic E-state index is 10.9. The van der Waals surface area contributed by atoms with Gasteiger partial charge in [0.05, 0.1) is 12.6 Å². The molecule has 1 amide bonds. The monoisotopic (exact) mass is 187 g/mol. The van der Waals surface area contributed by atoms with E-state index in [4.69, 9.17) is 10.6 Å². The van der Waals surface area contributed by atoms with E-state index in [2.05, 4.69) is 5.43 Å². The molecule has 3 N–H and O–H groups in total. The number of hydrogen-bond donors (Lipinski definition) is 2. The molecule has 5 heteroatoms. The number of hydrogen-bond acceptors (Lipinski definition) is 4. The Balaban J connectivity index is 2.16. The number of nitrogens with zero attached hydrogens (tertiary/aromatic N) is 1. The van der Waals surface area contributed by atoms with E-state index in [1.807, 2.05) is 11.9 Å². The fraction of sp³-hybridized carbons (Fsp3) is 0.875.